The average Bonchev–Trinajstić information content (AvgIpc) is 3.06. The normalized spacial score (nSPS) is 15.6. The van der Waals surface area contributed by atoms with Gasteiger partial charge in [-0.15, -0.1) is 0 Å². The topological polar surface area (TPSA) is 91.6 Å². The van der Waals surface area contributed by atoms with Crippen LogP contribution in [0.25, 0.3) is 17.4 Å². The van der Waals surface area contributed by atoms with Gasteiger partial charge in [-0.25, -0.2) is 4.79 Å². The van der Waals surface area contributed by atoms with Crippen molar-refractivity contribution in [2.75, 3.05) is 0 Å². The Hall–Kier alpha value is -2.64. The van der Waals surface area contributed by atoms with E-state index in [1.807, 2.05) is 0 Å². The maximum absolute atomic E-state index is 11.6. The van der Waals surface area contributed by atoms with E-state index in [1.165, 1.54) is 24.3 Å². The molecule has 0 saturated carbocycles. The molecule has 0 unspecified atom stereocenters. The Morgan fingerprint density at radius 1 is 1.26 bits per heavy atom. The molecule has 1 aromatic heterocycles. The third kappa shape index (κ3) is 3.10. The summed E-state index contributed by atoms with van der Waals surface area (Å²) in [6.07, 6.45) is 1.49. The minimum atomic E-state index is -1.06. The van der Waals surface area contributed by atoms with E-state index in [0.717, 1.165) is 0 Å². The summed E-state index contributed by atoms with van der Waals surface area (Å²) >= 11 is 10.9. The van der Waals surface area contributed by atoms with Crippen LogP contribution < -0.4 is 10.6 Å². The summed E-state index contributed by atoms with van der Waals surface area (Å²) in [7, 11) is 0. The van der Waals surface area contributed by atoms with Crippen molar-refractivity contribution in [1.29, 1.82) is 0 Å². The molecule has 1 amide bonds. The fourth-order valence-electron chi connectivity index (χ4n) is 2.05. The summed E-state index contributed by atoms with van der Waals surface area (Å²) in [6.45, 7) is 0. The maximum Gasteiger partial charge on any atom is 0.335 e. The highest BCUT2D eigenvalue weighted by Gasteiger charge is 2.20. The molecule has 0 spiro atoms. The second-order valence-corrected chi connectivity index (χ2v) is 5.48. The fraction of sp³-hybridized carbons (Fsp3) is 0. The zero-order chi connectivity index (χ0) is 16.6. The number of furan rings is 1. The number of aromatic carboxylic acids is 1. The van der Waals surface area contributed by atoms with Gasteiger partial charge < -0.3 is 14.8 Å². The number of benzene rings is 1. The van der Waals surface area contributed by atoms with Gasteiger partial charge in [0.15, 0.2) is 5.11 Å². The van der Waals surface area contributed by atoms with Gasteiger partial charge in [0.25, 0.3) is 5.91 Å². The Kier molecular flexibility index (Phi) is 3.89. The number of thiocarbonyl (C=S) groups is 1. The van der Waals surface area contributed by atoms with E-state index in [9.17, 15) is 9.59 Å². The lowest BCUT2D eigenvalue weighted by Gasteiger charge is -2.02. The van der Waals surface area contributed by atoms with E-state index in [4.69, 9.17) is 33.3 Å². The lowest BCUT2D eigenvalue weighted by atomic mass is 10.1. The first kappa shape index (κ1) is 15.3. The number of carboxylic acid groups (broad SMARTS) is 1. The number of carboxylic acids is 1. The first-order valence-electron chi connectivity index (χ1n) is 6.41. The molecule has 0 bridgehead atoms. The van der Waals surface area contributed by atoms with Gasteiger partial charge in [-0.2, -0.15) is 0 Å². The molecule has 2 heterocycles. The molecule has 0 aliphatic carbocycles. The third-order valence-corrected chi connectivity index (χ3v) is 3.65. The molecule has 2 aromatic rings. The summed E-state index contributed by atoms with van der Waals surface area (Å²) in [5.74, 6) is -0.610. The Morgan fingerprint density at radius 3 is 2.70 bits per heavy atom. The van der Waals surface area contributed by atoms with E-state index in [1.54, 1.807) is 12.1 Å². The van der Waals surface area contributed by atoms with Gasteiger partial charge in [0.2, 0.25) is 0 Å². The smallest absolute Gasteiger partial charge is 0.335 e. The number of rotatable bonds is 3. The molecule has 1 aliphatic rings. The number of amides is 1. The van der Waals surface area contributed by atoms with Crippen LogP contribution in [0.1, 0.15) is 16.1 Å². The van der Waals surface area contributed by atoms with Crippen molar-refractivity contribution in [3.63, 3.8) is 0 Å². The molecule has 1 aliphatic heterocycles. The van der Waals surface area contributed by atoms with Crippen LogP contribution in [0, 0.1) is 0 Å². The van der Waals surface area contributed by atoms with Crippen LogP contribution in [-0.4, -0.2) is 22.1 Å². The van der Waals surface area contributed by atoms with Crippen LogP contribution in [-0.2, 0) is 4.79 Å². The van der Waals surface area contributed by atoms with Crippen molar-refractivity contribution in [3.8, 4) is 11.3 Å². The van der Waals surface area contributed by atoms with Crippen molar-refractivity contribution in [1.82, 2.24) is 10.6 Å². The van der Waals surface area contributed by atoms with Gasteiger partial charge in [0.1, 0.15) is 17.2 Å². The highest BCUT2D eigenvalue weighted by atomic mass is 35.5. The fourth-order valence-corrected chi connectivity index (χ4v) is 2.46. The Labute approximate surface area is 140 Å². The van der Waals surface area contributed by atoms with Gasteiger partial charge in [-0.3, -0.25) is 10.1 Å². The van der Waals surface area contributed by atoms with E-state index in [0.29, 0.717) is 22.1 Å². The number of carbonyl (C=O) groups excluding carboxylic acids is 1. The molecule has 3 rings (SSSR count). The molecule has 0 atom stereocenters. The number of carbonyl (C=O) groups is 2. The van der Waals surface area contributed by atoms with Crippen molar-refractivity contribution < 1.29 is 19.1 Å². The Bertz CT molecular complexity index is 872. The standard InChI is InChI=1S/C15H9ClN2O4S/c16-10-3-1-7(14(20)21)5-9(10)12-4-2-8(22-12)6-11-13(19)18-15(23)17-11/h1-6H,(H,20,21)(H2,17,18,19,23). The number of nitrogens with one attached hydrogen (secondary N) is 2. The predicted octanol–water partition coefficient (Wildman–Crippen LogP) is 2.64. The molecule has 3 N–H and O–H groups in total. The number of halogens is 1. The van der Waals surface area contributed by atoms with E-state index in [2.05, 4.69) is 10.6 Å². The van der Waals surface area contributed by atoms with Crippen LogP contribution in [0.15, 0.2) is 40.4 Å². The number of hydrogen-bond acceptors (Lipinski definition) is 4. The van der Waals surface area contributed by atoms with Crippen LogP contribution in [0.3, 0.4) is 0 Å². The lowest BCUT2D eigenvalue weighted by Crippen LogP contribution is -2.21. The molecule has 1 saturated heterocycles. The minimum Gasteiger partial charge on any atom is -0.478 e. The molecule has 6 nitrogen and oxygen atoms in total. The predicted molar refractivity (Wildman–Crippen MR) is 88.0 cm³/mol. The quantitative estimate of drug-likeness (QED) is 0.583. The molecule has 23 heavy (non-hydrogen) atoms. The second kappa shape index (κ2) is 5.86. The van der Waals surface area contributed by atoms with Crippen molar-refractivity contribution in [2.45, 2.75) is 0 Å². The van der Waals surface area contributed by atoms with E-state index in [-0.39, 0.29) is 22.3 Å². The highest BCUT2D eigenvalue weighted by Crippen LogP contribution is 2.31. The molecule has 116 valence electrons. The summed E-state index contributed by atoms with van der Waals surface area (Å²) in [5, 5.41) is 14.8. The Morgan fingerprint density at radius 2 is 2.04 bits per heavy atom. The van der Waals surface area contributed by atoms with Crippen LogP contribution in [0.4, 0.5) is 0 Å². The maximum atomic E-state index is 11.6. The van der Waals surface area contributed by atoms with Gasteiger partial charge in [-0.1, -0.05) is 11.6 Å². The van der Waals surface area contributed by atoms with E-state index >= 15 is 0 Å². The molecular weight excluding hydrogens is 340 g/mol. The largest absolute Gasteiger partial charge is 0.478 e. The average molecular weight is 349 g/mol. The van der Waals surface area contributed by atoms with Gasteiger partial charge >= 0.3 is 5.97 Å². The zero-order valence-corrected chi connectivity index (χ0v) is 13.0. The van der Waals surface area contributed by atoms with Crippen LogP contribution >= 0.6 is 23.8 Å². The van der Waals surface area contributed by atoms with Gasteiger partial charge in [0, 0.05) is 11.6 Å². The summed E-state index contributed by atoms with van der Waals surface area (Å²) < 4.78 is 5.61. The van der Waals surface area contributed by atoms with Gasteiger partial charge in [0.05, 0.1) is 10.6 Å². The molecule has 1 fully saturated rings. The molecule has 8 heteroatoms. The van der Waals surface area contributed by atoms with Crippen molar-refractivity contribution in [2.24, 2.45) is 0 Å². The highest BCUT2D eigenvalue weighted by molar-refractivity contribution is 7.80. The molecular formula is C15H9ClN2O4S. The first-order valence-corrected chi connectivity index (χ1v) is 7.20. The summed E-state index contributed by atoms with van der Waals surface area (Å²) in [4.78, 5) is 22.6. The molecule has 0 radical (unpaired) electrons. The van der Waals surface area contributed by atoms with Crippen molar-refractivity contribution >= 4 is 46.9 Å². The van der Waals surface area contributed by atoms with Crippen molar-refractivity contribution in [3.05, 3.63) is 52.4 Å². The summed E-state index contributed by atoms with van der Waals surface area (Å²) in [6, 6.07) is 7.61. The lowest BCUT2D eigenvalue weighted by molar-refractivity contribution is -0.115. The minimum absolute atomic E-state index is 0.0999. The Balaban J connectivity index is 1.95. The second-order valence-electron chi connectivity index (χ2n) is 4.67. The molecule has 1 aromatic carbocycles. The SMILES string of the molecule is O=C1NC(=S)NC1=Cc1ccc(-c2cc(C(=O)O)ccc2Cl)o1. The van der Waals surface area contributed by atoms with Crippen LogP contribution in [0.2, 0.25) is 5.02 Å². The first-order chi connectivity index (χ1) is 10.9. The van der Waals surface area contributed by atoms with E-state index < -0.39 is 5.97 Å². The third-order valence-electron chi connectivity index (χ3n) is 3.11. The summed E-state index contributed by atoms with van der Waals surface area (Å²) in [5.41, 5.74) is 0.819. The number of hydrogen-bond donors (Lipinski definition) is 3. The van der Waals surface area contributed by atoms with Gasteiger partial charge in [-0.05, 0) is 42.5 Å². The monoisotopic (exact) mass is 348 g/mol. The zero-order valence-electron chi connectivity index (χ0n) is 11.4. The van der Waals surface area contributed by atoms with Crippen LogP contribution in [0.5, 0.6) is 0 Å².